The van der Waals surface area contributed by atoms with E-state index in [1.165, 1.54) is 11.1 Å². The lowest BCUT2D eigenvalue weighted by Gasteiger charge is -2.31. The average Bonchev–Trinajstić information content (AvgIpc) is 2.63. The molecule has 0 spiro atoms. The van der Waals surface area contributed by atoms with E-state index in [1.54, 1.807) is 0 Å². The zero-order chi connectivity index (χ0) is 17.5. The Balaban J connectivity index is 1.67. The molecule has 3 heteroatoms. The van der Waals surface area contributed by atoms with Crippen LogP contribution in [-0.2, 0) is 17.6 Å². The first-order chi connectivity index (χ1) is 12.2. The maximum Gasteiger partial charge on any atom is 0.222 e. The maximum absolute atomic E-state index is 12.7. The van der Waals surface area contributed by atoms with E-state index in [9.17, 15) is 9.90 Å². The summed E-state index contributed by atoms with van der Waals surface area (Å²) in [5.41, 5.74) is 2.55. The first kappa shape index (κ1) is 17.7. The summed E-state index contributed by atoms with van der Waals surface area (Å²) in [5, 5.41) is 9.84. The fourth-order valence-electron chi connectivity index (χ4n) is 3.67. The highest BCUT2D eigenvalue weighted by Crippen LogP contribution is 2.21. The molecule has 2 aromatic carbocycles. The number of aliphatic hydroxyl groups is 1. The van der Waals surface area contributed by atoms with Crippen LogP contribution in [0.4, 0.5) is 0 Å². The summed E-state index contributed by atoms with van der Waals surface area (Å²) >= 11 is 0. The van der Waals surface area contributed by atoms with Crippen molar-refractivity contribution in [3.05, 3.63) is 71.8 Å². The van der Waals surface area contributed by atoms with E-state index in [1.807, 2.05) is 17.0 Å². The fraction of sp³-hybridized carbons (Fsp3) is 0.409. The molecule has 2 aromatic rings. The number of hydrogen-bond donors (Lipinski definition) is 1. The number of piperidine rings is 1. The Kier molecular flexibility index (Phi) is 6.24. The molecule has 1 fully saturated rings. The van der Waals surface area contributed by atoms with Crippen LogP contribution in [0.25, 0.3) is 0 Å². The van der Waals surface area contributed by atoms with E-state index < -0.39 is 0 Å². The van der Waals surface area contributed by atoms with Crippen LogP contribution in [0.1, 0.15) is 30.4 Å². The first-order valence-electron chi connectivity index (χ1n) is 9.24. The Bertz CT molecular complexity index is 615. The summed E-state index contributed by atoms with van der Waals surface area (Å²) in [7, 11) is 0. The second-order valence-corrected chi connectivity index (χ2v) is 7.09. The number of hydrogen-bond acceptors (Lipinski definition) is 2. The largest absolute Gasteiger partial charge is 0.391 e. The van der Waals surface area contributed by atoms with Gasteiger partial charge in [-0.1, -0.05) is 60.7 Å². The van der Waals surface area contributed by atoms with Crippen LogP contribution in [0, 0.1) is 5.92 Å². The third kappa shape index (κ3) is 5.43. The second kappa shape index (κ2) is 8.82. The minimum Gasteiger partial charge on any atom is -0.391 e. The number of rotatable bonds is 6. The average molecular weight is 337 g/mol. The van der Waals surface area contributed by atoms with E-state index in [0.29, 0.717) is 13.0 Å². The van der Waals surface area contributed by atoms with E-state index in [4.69, 9.17) is 0 Å². The predicted molar refractivity (Wildman–Crippen MR) is 100 cm³/mol. The quantitative estimate of drug-likeness (QED) is 0.877. The number of β-amino-alcohol motifs (C(OH)–C–C–N with tert-alkyl or cyclic N) is 1. The molecule has 1 aliphatic heterocycles. The standard InChI is InChI=1S/C22H27NO2/c24-21-12-7-13-23(17-21)22(25)16-20(14-18-8-3-1-4-9-18)15-19-10-5-2-6-11-19/h1-6,8-11,20-21,24H,7,12-17H2. The number of aliphatic hydroxyl groups excluding tert-OH is 1. The van der Waals surface area contributed by atoms with Gasteiger partial charge in [0.15, 0.2) is 0 Å². The highest BCUT2D eigenvalue weighted by molar-refractivity contribution is 5.76. The minimum absolute atomic E-state index is 0.176. The number of carbonyl (C=O) groups is 1. The zero-order valence-corrected chi connectivity index (χ0v) is 14.7. The molecule has 0 bridgehead atoms. The van der Waals surface area contributed by atoms with Crippen LogP contribution in [-0.4, -0.2) is 35.1 Å². The van der Waals surface area contributed by atoms with Crippen molar-refractivity contribution in [2.24, 2.45) is 5.92 Å². The van der Waals surface area contributed by atoms with Gasteiger partial charge in [-0.2, -0.15) is 0 Å². The molecule has 0 radical (unpaired) electrons. The molecule has 1 N–H and O–H groups in total. The number of amides is 1. The molecular formula is C22H27NO2. The molecular weight excluding hydrogens is 310 g/mol. The third-order valence-corrected chi connectivity index (χ3v) is 4.95. The molecule has 3 rings (SSSR count). The van der Waals surface area contributed by atoms with Crippen molar-refractivity contribution < 1.29 is 9.90 Å². The van der Waals surface area contributed by atoms with Crippen LogP contribution in [0.2, 0.25) is 0 Å². The van der Waals surface area contributed by atoms with Gasteiger partial charge in [0.05, 0.1) is 6.10 Å². The van der Waals surface area contributed by atoms with Gasteiger partial charge in [0.1, 0.15) is 0 Å². The van der Waals surface area contributed by atoms with E-state index in [-0.39, 0.29) is 17.9 Å². The van der Waals surface area contributed by atoms with Crippen molar-refractivity contribution in [3.63, 3.8) is 0 Å². The van der Waals surface area contributed by atoms with Gasteiger partial charge < -0.3 is 10.0 Å². The van der Waals surface area contributed by atoms with Gasteiger partial charge in [0.25, 0.3) is 0 Å². The third-order valence-electron chi connectivity index (χ3n) is 4.95. The monoisotopic (exact) mass is 337 g/mol. The molecule has 1 atom stereocenters. The molecule has 1 heterocycles. The number of nitrogens with zero attached hydrogens (tertiary/aromatic N) is 1. The van der Waals surface area contributed by atoms with Crippen LogP contribution < -0.4 is 0 Å². The molecule has 25 heavy (non-hydrogen) atoms. The van der Waals surface area contributed by atoms with Crippen molar-refractivity contribution in [1.29, 1.82) is 0 Å². The normalized spacial score (nSPS) is 17.7. The Morgan fingerprint density at radius 1 is 1.00 bits per heavy atom. The van der Waals surface area contributed by atoms with Gasteiger partial charge >= 0.3 is 0 Å². The molecule has 1 unspecified atom stereocenters. The summed E-state index contributed by atoms with van der Waals surface area (Å²) in [6.45, 7) is 1.27. The van der Waals surface area contributed by atoms with E-state index in [2.05, 4.69) is 48.5 Å². The van der Waals surface area contributed by atoms with Gasteiger partial charge in [-0.15, -0.1) is 0 Å². The molecule has 0 saturated carbocycles. The lowest BCUT2D eigenvalue weighted by molar-refractivity contribution is -0.135. The summed E-state index contributed by atoms with van der Waals surface area (Å²) in [6, 6.07) is 20.8. The fourth-order valence-corrected chi connectivity index (χ4v) is 3.67. The van der Waals surface area contributed by atoms with Crippen LogP contribution >= 0.6 is 0 Å². The lowest BCUT2D eigenvalue weighted by atomic mass is 9.89. The SMILES string of the molecule is O=C(CC(Cc1ccccc1)Cc1ccccc1)N1CCCC(O)C1. The Morgan fingerprint density at radius 2 is 1.56 bits per heavy atom. The molecule has 132 valence electrons. The number of benzene rings is 2. The van der Waals surface area contributed by atoms with Gasteiger partial charge in [-0.3, -0.25) is 4.79 Å². The molecule has 3 nitrogen and oxygen atoms in total. The van der Waals surface area contributed by atoms with E-state index >= 15 is 0 Å². The zero-order valence-electron chi connectivity index (χ0n) is 14.7. The summed E-state index contributed by atoms with van der Waals surface area (Å²) < 4.78 is 0. The summed E-state index contributed by atoms with van der Waals surface area (Å²) in [5.74, 6) is 0.451. The van der Waals surface area contributed by atoms with Crippen LogP contribution in [0.3, 0.4) is 0 Å². The predicted octanol–water partition coefficient (Wildman–Crippen LogP) is 3.46. The van der Waals surface area contributed by atoms with Gasteiger partial charge in [-0.05, 0) is 42.7 Å². The number of carbonyl (C=O) groups excluding carboxylic acids is 1. The topological polar surface area (TPSA) is 40.5 Å². The molecule has 1 amide bonds. The minimum atomic E-state index is -0.362. The lowest BCUT2D eigenvalue weighted by Crippen LogP contribution is -2.42. The molecule has 1 saturated heterocycles. The smallest absolute Gasteiger partial charge is 0.222 e. The number of likely N-dealkylation sites (tertiary alicyclic amines) is 1. The van der Waals surface area contributed by atoms with Crippen molar-refractivity contribution >= 4 is 5.91 Å². The highest BCUT2D eigenvalue weighted by atomic mass is 16.3. The van der Waals surface area contributed by atoms with Gasteiger partial charge in [0.2, 0.25) is 5.91 Å². The Morgan fingerprint density at radius 3 is 2.08 bits per heavy atom. The van der Waals surface area contributed by atoms with E-state index in [0.717, 1.165) is 32.2 Å². The van der Waals surface area contributed by atoms with Crippen molar-refractivity contribution in [1.82, 2.24) is 4.90 Å². The molecule has 0 aromatic heterocycles. The summed E-state index contributed by atoms with van der Waals surface area (Å²) in [4.78, 5) is 14.6. The maximum atomic E-state index is 12.7. The Labute approximate surface area is 150 Å². The molecule has 0 aliphatic carbocycles. The van der Waals surface area contributed by atoms with Gasteiger partial charge in [0, 0.05) is 19.5 Å². The second-order valence-electron chi connectivity index (χ2n) is 7.09. The van der Waals surface area contributed by atoms with Crippen LogP contribution in [0.15, 0.2) is 60.7 Å². The molecule has 1 aliphatic rings. The first-order valence-corrected chi connectivity index (χ1v) is 9.24. The van der Waals surface area contributed by atoms with Crippen molar-refractivity contribution in [2.45, 2.75) is 38.2 Å². The highest BCUT2D eigenvalue weighted by Gasteiger charge is 2.24. The summed E-state index contributed by atoms with van der Waals surface area (Å²) in [6.07, 6.45) is 3.68. The van der Waals surface area contributed by atoms with Crippen molar-refractivity contribution in [3.8, 4) is 0 Å². The van der Waals surface area contributed by atoms with Gasteiger partial charge in [-0.25, -0.2) is 0 Å². The Hall–Kier alpha value is -2.13. The van der Waals surface area contributed by atoms with Crippen molar-refractivity contribution in [2.75, 3.05) is 13.1 Å². The van der Waals surface area contributed by atoms with Crippen LogP contribution in [0.5, 0.6) is 0 Å².